The van der Waals surface area contributed by atoms with E-state index in [1.165, 1.54) is 24.3 Å². The molecule has 0 radical (unpaired) electrons. The molecule has 0 bridgehead atoms. The number of piperazine rings is 1. The molecule has 0 aliphatic carbocycles. The summed E-state index contributed by atoms with van der Waals surface area (Å²) in [7, 11) is 0. The van der Waals surface area contributed by atoms with Crippen LogP contribution in [0.15, 0.2) is 46.9 Å². The van der Waals surface area contributed by atoms with E-state index in [-0.39, 0.29) is 11.6 Å². The number of fused-ring (bicyclic) bond motifs is 1. The van der Waals surface area contributed by atoms with E-state index >= 15 is 0 Å². The fourth-order valence-electron chi connectivity index (χ4n) is 3.03. The number of anilines is 1. The van der Waals surface area contributed by atoms with Crippen LogP contribution in [0.4, 0.5) is 10.8 Å². The van der Waals surface area contributed by atoms with Crippen molar-refractivity contribution >= 4 is 54.2 Å². The fourth-order valence-corrected chi connectivity index (χ4v) is 4.60. The Hall–Kier alpha value is -2.52. The van der Waals surface area contributed by atoms with E-state index in [9.17, 15) is 14.9 Å². The Morgan fingerprint density at radius 3 is 2.48 bits per heavy atom. The Bertz CT molecular complexity index is 1010. The fraction of sp³-hybridized carbons (Fsp3) is 0.222. The Labute approximate surface area is 167 Å². The Morgan fingerprint density at radius 1 is 1.11 bits per heavy atom. The summed E-state index contributed by atoms with van der Waals surface area (Å²) in [5.41, 5.74) is 1.43. The second-order valence-corrected chi connectivity index (χ2v) is 8.12. The maximum absolute atomic E-state index is 12.6. The monoisotopic (exact) mass is 446 g/mol. The molecular formula is C18H15BrN4O3S. The van der Waals surface area contributed by atoms with Crippen LogP contribution in [0.3, 0.4) is 0 Å². The van der Waals surface area contributed by atoms with Crippen molar-refractivity contribution in [3.05, 3.63) is 62.6 Å². The van der Waals surface area contributed by atoms with E-state index in [2.05, 4.69) is 31.9 Å². The van der Waals surface area contributed by atoms with Crippen LogP contribution in [0, 0.1) is 10.1 Å². The maximum atomic E-state index is 12.6. The highest BCUT2D eigenvalue weighted by Crippen LogP contribution is 2.31. The van der Waals surface area contributed by atoms with Crippen LogP contribution < -0.4 is 4.90 Å². The molecule has 2 aromatic carbocycles. The van der Waals surface area contributed by atoms with Crippen molar-refractivity contribution < 1.29 is 9.72 Å². The van der Waals surface area contributed by atoms with Gasteiger partial charge in [-0.15, -0.1) is 0 Å². The van der Waals surface area contributed by atoms with E-state index in [1.807, 2.05) is 12.1 Å². The normalized spacial score (nSPS) is 14.6. The van der Waals surface area contributed by atoms with E-state index in [4.69, 9.17) is 0 Å². The summed E-state index contributed by atoms with van der Waals surface area (Å²) in [5.74, 6) is -0.0993. The van der Waals surface area contributed by atoms with Crippen molar-refractivity contribution in [1.29, 1.82) is 0 Å². The molecule has 138 valence electrons. The van der Waals surface area contributed by atoms with E-state index in [0.717, 1.165) is 19.8 Å². The number of hydrogen-bond donors (Lipinski definition) is 0. The number of nitrogens with zero attached hydrogens (tertiary/aromatic N) is 4. The number of halogens is 1. The first kappa shape index (κ1) is 17.9. The number of benzene rings is 2. The molecular weight excluding hydrogens is 432 g/mol. The number of aromatic nitrogens is 1. The number of amides is 1. The lowest BCUT2D eigenvalue weighted by Gasteiger charge is -2.34. The third-order valence-electron chi connectivity index (χ3n) is 4.50. The van der Waals surface area contributed by atoms with Crippen molar-refractivity contribution in [1.82, 2.24) is 9.88 Å². The molecule has 1 aliphatic rings. The minimum Gasteiger partial charge on any atom is -0.345 e. The zero-order valence-corrected chi connectivity index (χ0v) is 16.6. The van der Waals surface area contributed by atoms with Crippen LogP contribution in [-0.4, -0.2) is 46.9 Å². The molecule has 4 rings (SSSR count). The molecule has 27 heavy (non-hydrogen) atoms. The topological polar surface area (TPSA) is 79.6 Å². The van der Waals surface area contributed by atoms with Crippen molar-refractivity contribution in [2.45, 2.75) is 0 Å². The number of carbonyl (C=O) groups excluding carboxylic acids is 1. The highest BCUT2D eigenvalue weighted by molar-refractivity contribution is 9.10. The summed E-state index contributed by atoms with van der Waals surface area (Å²) in [5, 5.41) is 11.7. The molecule has 1 aromatic heterocycles. The first-order chi connectivity index (χ1) is 13.0. The summed E-state index contributed by atoms with van der Waals surface area (Å²) in [4.78, 5) is 31.5. The van der Waals surface area contributed by atoms with Gasteiger partial charge in [0.2, 0.25) is 0 Å². The predicted molar refractivity (Wildman–Crippen MR) is 109 cm³/mol. The van der Waals surface area contributed by atoms with Gasteiger partial charge >= 0.3 is 0 Å². The van der Waals surface area contributed by atoms with Gasteiger partial charge in [0, 0.05) is 48.3 Å². The van der Waals surface area contributed by atoms with Gasteiger partial charge in [-0.25, -0.2) is 4.98 Å². The maximum Gasteiger partial charge on any atom is 0.269 e. The first-order valence-corrected chi connectivity index (χ1v) is 9.97. The molecule has 9 heteroatoms. The summed E-state index contributed by atoms with van der Waals surface area (Å²) in [6.45, 7) is 2.60. The molecule has 7 nitrogen and oxygen atoms in total. The Kier molecular flexibility index (Phi) is 4.79. The highest BCUT2D eigenvalue weighted by Gasteiger charge is 2.24. The second kappa shape index (κ2) is 7.24. The standard InChI is InChI=1S/C18H15BrN4O3S/c19-13-3-6-15-16(11-13)27-18(20-15)22-9-7-21(8-10-22)17(24)12-1-4-14(5-2-12)23(25)26/h1-6,11H,7-10H2. The number of thiazole rings is 1. The van der Waals surface area contributed by atoms with E-state index < -0.39 is 4.92 Å². The molecule has 0 spiro atoms. The van der Waals surface area contributed by atoms with Gasteiger partial charge in [0.15, 0.2) is 5.13 Å². The molecule has 1 aliphatic heterocycles. The number of nitro benzene ring substituents is 1. The van der Waals surface area contributed by atoms with Crippen molar-refractivity contribution in [3.8, 4) is 0 Å². The van der Waals surface area contributed by atoms with Crippen molar-refractivity contribution in [3.63, 3.8) is 0 Å². The average Bonchev–Trinajstić information content (AvgIpc) is 3.11. The number of hydrogen-bond acceptors (Lipinski definition) is 6. The number of non-ortho nitro benzene ring substituents is 1. The predicted octanol–water partition coefficient (Wildman–Crippen LogP) is 3.93. The van der Waals surface area contributed by atoms with Gasteiger partial charge < -0.3 is 9.80 Å². The summed E-state index contributed by atoms with van der Waals surface area (Å²) in [6.07, 6.45) is 0. The minimum absolute atomic E-state index is 0.0150. The van der Waals surface area contributed by atoms with Crippen molar-refractivity contribution in [2.75, 3.05) is 31.1 Å². The lowest BCUT2D eigenvalue weighted by Crippen LogP contribution is -2.48. The summed E-state index contributed by atoms with van der Waals surface area (Å²) in [6, 6.07) is 11.8. The van der Waals surface area contributed by atoms with Gasteiger partial charge in [0.25, 0.3) is 11.6 Å². The highest BCUT2D eigenvalue weighted by atomic mass is 79.9. The van der Waals surface area contributed by atoms with Crippen LogP contribution >= 0.6 is 27.3 Å². The van der Waals surface area contributed by atoms with Gasteiger partial charge in [-0.2, -0.15) is 0 Å². The SMILES string of the molecule is O=C(c1ccc([N+](=O)[O-])cc1)N1CCN(c2nc3ccc(Br)cc3s2)CC1. The zero-order valence-electron chi connectivity index (χ0n) is 14.2. The van der Waals surface area contributed by atoms with Gasteiger partial charge in [-0.05, 0) is 30.3 Å². The summed E-state index contributed by atoms with van der Waals surface area (Å²) < 4.78 is 2.16. The van der Waals surface area contributed by atoms with Gasteiger partial charge in [-0.3, -0.25) is 14.9 Å². The molecule has 0 N–H and O–H groups in total. The number of nitro groups is 1. The number of rotatable bonds is 3. The molecule has 1 amide bonds. The minimum atomic E-state index is -0.469. The molecule has 3 aromatic rings. The molecule has 0 atom stereocenters. The molecule has 1 fully saturated rings. The van der Waals surface area contributed by atoms with Crippen molar-refractivity contribution in [2.24, 2.45) is 0 Å². The van der Waals surface area contributed by atoms with Gasteiger partial charge in [-0.1, -0.05) is 27.3 Å². The van der Waals surface area contributed by atoms with E-state index in [0.29, 0.717) is 31.7 Å². The molecule has 1 saturated heterocycles. The first-order valence-electron chi connectivity index (χ1n) is 8.36. The Balaban J connectivity index is 1.43. The van der Waals surface area contributed by atoms with Crippen LogP contribution in [-0.2, 0) is 0 Å². The molecule has 0 saturated carbocycles. The van der Waals surface area contributed by atoms with Crippen LogP contribution in [0.25, 0.3) is 10.2 Å². The molecule has 0 unspecified atom stereocenters. The quantitative estimate of drug-likeness (QED) is 0.449. The Morgan fingerprint density at radius 2 is 1.81 bits per heavy atom. The smallest absolute Gasteiger partial charge is 0.269 e. The molecule has 2 heterocycles. The lowest BCUT2D eigenvalue weighted by atomic mass is 10.1. The van der Waals surface area contributed by atoms with Crippen LogP contribution in [0.1, 0.15) is 10.4 Å². The average molecular weight is 447 g/mol. The van der Waals surface area contributed by atoms with Gasteiger partial charge in [0.05, 0.1) is 15.1 Å². The lowest BCUT2D eigenvalue weighted by molar-refractivity contribution is -0.384. The van der Waals surface area contributed by atoms with Gasteiger partial charge in [0.1, 0.15) is 0 Å². The zero-order chi connectivity index (χ0) is 19.0. The van der Waals surface area contributed by atoms with Crippen LogP contribution in [0.5, 0.6) is 0 Å². The third-order valence-corrected chi connectivity index (χ3v) is 6.07. The largest absolute Gasteiger partial charge is 0.345 e. The van der Waals surface area contributed by atoms with E-state index in [1.54, 1.807) is 16.2 Å². The second-order valence-electron chi connectivity index (χ2n) is 6.19. The van der Waals surface area contributed by atoms with Crippen LogP contribution in [0.2, 0.25) is 0 Å². The summed E-state index contributed by atoms with van der Waals surface area (Å²) >= 11 is 5.13. The number of carbonyl (C=O) groups is 1. The third kappa shape index (κ3) is 3.65.